The largest absolute Gasteiger partial charge is 0.399 e. The predicted octanol–water partition coefficient (Wildman–Crippen LogP) is 2.49. The van der Waals surface area contributed by atoms with Gasteiger partial charge in [-0.2, -0.15) is 0 Å². The minimum atomic E-state index is -0.959. The van der Waals surface area contributed by atoms with Gasteiger partial charge in [0.1, 0.15) is 6.10 Å². The lowest BCUT2D eigenvalue weighted by atomic mass is 9.99. The molecule has 2 unspecified atom stereocenters. The van der Waals surface area contributed by atoms with Crippen molar-refractivity contribution in [1.82, 2.24) is 0 Å². The number of carbonyl (C=O) groups excluding carboxylic acids is 1. The van der Waals surface area contributed by atoms with Crippen molar-refractivity contribution in [2.45, 2.75) is 25.6 Å². The number of nitrogen functional groups attached to an aromatic ring is 1. The Bertz CT molecular complexity index is 644. The molecule has 0 aliphatic rings. The first kappa shape index (κ1) is 15.8. The van der Waals surface area contributed by atoms with Crippen LogP contribution in [0.1, 0.15) is 25.0 Å². The monoisotopic (exact) mass is 305 g/mol. The Hall–Kier alpha value is -1.56. The summed E-state index contributed by atoms with van der Waals surface area (Å²) in [5, 5.41) is 22.2. The van der Waals surface area contributed by atoms with Crippen LogP contribution in [0.2, 0.25) is 0 Å². The van der Waals surface area contributed by atoms with Crippen LogP contribution < -0.4 is 5.73 Å². The van der Waals surface area contributed by atoms with Crippen LogP contribution in [-0.4, -0.2) is 27.2 Å². The number of hydrogen-bond acceptors (Lipinski definition) is 5. The van der Waals surface area contributed by atoms with Crippen LogP contribution in [0, 0.1) is 0 Å². The lowest BCUT2D eigenvalue weighted by Gasteiger charge is -2.18. The van der Waals surface area contributed by atoms with Crippen LogP contribution in [0.25, 0.3) is 10.8 Å². The van der Waals surface area contributed by atoms with Gasteiger partial charge in [-0.3, -0.25) is 4.79 Å². The third kappa shape index (κ3) is 4.20. The maximum Gasteiger partial charge on any atom is 0.185 e. The molecule has 0 radical (unpaired) electrons. The van der Waals surface area contributed by atoms with Gasteiger partial charge in [0.05, 0.1) is 6.10 Å². The van der Waals surface area contributed by atoms with Crippen LogP contribution in [0.15, 0.2) is 36.4 Å². The second-order valence-electron chi connectivity index (χ2n) is 5.01. The zero-order valence-electron chi connectivity index (χ0n) is 11.8. The van der Waals surface area contributed by atoms with Gasteiger partial charge in [-0.15, -0.1) is 0 Å². The van der Waals surface area contributed by atoms with Crippen molar-refractivity contribution in [3.8, 4) is 0 Å². The van der Waals surface area contributed by atoms with Crippen LogP contribution in [0.3, 0.4) is 0 Å². The second kappa shape index (κ2) is 6.93. The van der Waals surface area contributed by atoms with Crippen molar-refractivity contribution in [3.63, 3.8) is 0 Å². The summed E-state index contributed by atoms with van der Waals surface area (Å²) in [5.74, 6) is 0.498. The highest BCUT2D eigenvalue weighted by Crippen LogP contribution is 2.25. The maximum absolute atomic E-state index is 10.8. The highest BCUT2D eigenvalue weighted by Gasteiger charge is 2.18. The number of aliphatic hydroxyl groups is 2. The summed E-state index contributed by atoms with van der Waals surface area (Å²) in [6.45, 7) is 1.49. The van der Waals surface area contributed by atoms with Crippen molar-refractivity contribution >= 4 is 33.3 Å². The normalized spacial score (nSPS) is 14.0. The lowest BCUT2D eigenvalue weighted by molar-refractivity contribution is -0.109. The molecule has 4 N–H and O–H groups in total. The summed E-state index contributed by atoms with van der Waals surface area (Å²) in [6, 6.07) is 11.1. The summed E-state index contributed by atoms with van der Waals surface area (Å²) in [4.78, 5) is 10.8. The zero-order valence-corrected chi connectivity index (χ0v) is 12.6. The topological polar surface area (TPSA) is 83.5 Å². The van der Waals surface area contributed by atoms with Gasteiger partial charge < -0.3 is 15.9 Å². The fourth-order valence-corrected chi connectivity index (χ4v) is 2.82. The van der Waals surface area contributed by atoms with Crippen LogP contribution >= 0.6 is 11.8 Å². The number of rotatable bonds is 5. The quantitative estimate of drug-likeness (QED) is 0.739. The number of fused-ring (bicyclic) bond motifs is 1. The Balaban J connectivity index is 2.09. The molecule has 2 rings (SSSR count). The molecule has 0 aliphatic carbocycles. The van der Waals surface area contributed by atoms with E-state index < -0.39 is 12.2 Å². The van der Waals surface area contributed by atoms with E-state index in [0.29, 0.717) is 23.4 Å². The fraction of sp³-hybridized carbons (Fsp3) is 0.312. The Morgan fingerprint density at radius 1 is 1.19 bits per heavy atom. The van der Waals surface area contributed by atoms with Gasteiger partial charge in [0.15, 0.2) is 5.12 Å². The minimum Gasteiger partial charge on any atom is -0.399 e. The molecule has 2 aromatic rings. The van der Waals surface area contributed by atoms with E-state index in [1.54, 1.807) is 12.1 Å². The van der Waals surface area contributed by atoms with Crippen molar-refractivity contribution in [1.29, 1.82) is 0 Å². The summed E-state index contributed by atoms with van der Waals surface area (Å²) < 4.78 is 0. The molecule has 2 atom stereocenters. The predicted molar refractivity (Wildman–Crippen MR) is 87.1 cm³/mol. The number of nitrogens with two attached hydrogens (primary N) is 1. The molecule has 0 saturated carbocycles. The standard InChI is InChI=1S/C16H19NO3S/c1-10(18)21-7-6-15(19)16(20)13-3-2-12-9-14(17)5-4-11(12)8-13/h2-5,8-9,15-16,19-20H,6-7,17H2,1H3. The highest BCUT2D eigenvalue weighted by molar-refractivity contribution is 8.13. The van der Waals surface area contributed by atoms with E-state index in [0.717, 1.165) is 22.5 Å². The van der Waals surface area contributed by atoms with Crippen molar-refractivity contribution < 1.29 is 15.0 Å². The minimum absolute atomic E-state index is 0.0139. The van der Waals surface area contributed by atoms with Gasteiger partial charge in [0.2, 0.25) is 0 Å². The molecular formula is C16H19NO3S. The number of hydrogen-bond donors (Lipinski definition) is 3. The third-order valence-corrected chi connectivity index (χ3v) is 4.16. The fourth-order valence-electron chi connectivity index (χ4n) is 2.17. The first-order valence-corrected chi connectivity index (χ1v) is 7.74. The molecule has 0 fully saturated rings. The zero-order chi connectivity index (χ0) is 15.4. The molecule has 0 aliphatic heterocycles. The van der Waals surface area contributed by atoms with Crippen molar-refractivity contribution in [3.05, 3.63) is 42.0 Å². The van der Waals surface area contributed by atoms with Crippen molar-refractivity contribution in [2.24, 2.45) is 0 Å². The molecule has 0 spiro atoms. The highest BCUT2D eigenvalue weighted by atomic mass is 32.2. The Labute approximate surface area is 128 Å². The Morgan fingerprint density at radius 3 is 2.57 bits per heavy atom. The molecule has 2 aromatic carbocycles. The smallest absolute Gasteiger partial charge is 0.185 e. The van der Waals surface area contributed by atoms with E-state index in [1.807, 2.05) is 24.3 Å². The molecule has 21 heavy (non-hydrogen) atoms. The molecule has 5 heteroatoms. The first-order chi connectivity index (χ1) is 9.97. The van der Waals surface area contributed by atoms with Gasteiger partial charge in [0.25, 0.3) is 0 Å². The van der Waals surface area contributed by atoms with Gasteiger partial charge in [-0.1, -0.05) is 30.0 Å². The average Bonchev–Trinajstić information content (AvgIpc) is 2.45. The van der Waals surface area contributed by atoms with E-state index in [9.17, 15) is 15.0 Å². The summed E-state index contributed by atoms with van der Waals surface area (Å²) in [6.07, 6.45) is -1.48. The number of thioether (sulfide) groups is 1. The van der Waals surface area contributed by atoms with Gasteiger partial charge in [0, 0.05) is 18.4 Å². The van der Waals surface area contributed by atoms with E-state index >= 15 is 0 Å². The molecule has 4 nitrogen and oxygen atoms in total. The van der Waals surface area contributed by atoms with Crippen molar-refractivity contribution in [2.75, 3.05) is 11.5 Å². The number of carbonyl (C=O) groups is 1. The van der Waals surface area contributed by atoms with Gasteiger partial charge >= 0.3 is 0 Å². The molecule has 0 aromatic heterocycles. The van der Waals surface area contributed by atoms with Gasteiger partial charge in [-0.05, 0) is 41.0 Å². The van der Waals surface area contributed by atoms with Gasteiger partial charge in [-0.25, -0.2) is 0 Å². The van der Waals surface area contributed by atoms with E-state index in [1.165, 1.54) is 6.92 Å². The van der Waals surface area contributed by atoms with Crippen LogP contribution in [0.4, 0.5) is 5.69 Å². The van der Waals surface area contributed by atoms with Crippen LogP contribution in [0.5, 0.6) is 0 Å². The average molecular weight is 305 g/mol. The molecular weight excluding hydrogens is 286 g/mol. The molecule has 112 valence electrons. The van der Waals surface area contributed by atoms with E-state index in [4.69, 9.17) is 5.73 Å². The number of benzene rings is 2. The SMILES string of the molecule is CC(=O)SCCC(O)C(O)c1ccc2cc(N)ccc2c1. The third-order valence-electron chi connectivity index (χ3n) is 3.31. The Kier molecular flexibility index (Phi) is 5.22. The lowest BCUT2D eigenvalue weighted by Crippen LogP contribution is -2.19. The molecule has 0 heterocycles. The first-order valence-electron chi connectivity index (χ1n) is 6.76. The van der Waals surface area contributed by atoms with Crippen LogP contribution in [-0.2, 0) is 4.79 Å². The number of aliphatic hydroxyl groups excluding tert-OH is 2. The summed E-state index contributed by atoms with van der Waals surface area (Å²) >= 11 is 1.15. The summed E-state index contributed by atoms with van der Waals surface area (Å²) in [7, 11) is 0. The maximum atomic E-state index is 10.8. The second-order valence-corrected chi connectivity index (χ2v) is 6.28. The molecule has 0 saturated heterocycles. The Morgan fingerprint density at radius 2 is 1.86 bits per heavy atom. The summed E-state index contributed by atoms with van der Waals surface area (Å²) in [5.41, 5.74) is 7.08. The molecule has 0 bridgehead atoms. The van der Waals surface area contributed by atoms with E-state index in [2.05, 4.69) is 0 Å². The number of anilines is 1. The molecule has 0 amide bonds. The van der Waals surface area contributed by atoms with E-state index in [-0.39, 0.29) is 5.12 Å².